The van der Waals surface area contributed by atoms with E-state index in [1.165, 1.54) is 64.2 Å². The molecular formula is C39H45F11O. The number of allylic oxidation sites excluding steroid dienone is 2. The van der Waals surface area contributed by atoms with Gasteiger partial charge in [-0.25, -0.2) is 31.1 Å². The van der Waals surface area contributed by atoms with Crippen LogP contribution in [0.1, 0.15) is 125 Å². The molecule has 0 amide bonds. The van der Waals surface area contributed by atoms with Crippen LogP contribution in [0, 0.1) is 52.9 Å². The molecule has 2 aromatic rings. The van der Waals surface area contributed by atoms with E-state index >= 15 is 17.6 Å². The van der Waals surface area contributed by atoms with E-state index in [1.54, 1.807) is 0 Å². The summed E-state index contributed by atoms with van der Waals surface area (Å²) in [5.41, 5.74) is -4.88. The zero-order valence-electron chi connectivity index (χ0n) is 28.6. The van der Waals surface area contributed by atoms with Crippen LogP contribution >= 0.6 is 0 Å². The molecule has 0 bridgehead atoms. The van der Waals surface area contributed by atoms with Crippen LogP contribution in [0.25, 0.3) is 0 Å². The van der Waals surface area contributed by atoms with Crippen LogP contribution < -0.4 is 0 Å². The van der Waals surface area contributed by atoms with Crippen molar-refractivity contribution in [2.75, 3.05) is 0 Å². The monoisotopic (exact) mass is 738 g/mol. The van der Waals surface area contributed by atoms with Gasteiger partial charge < -0.3 is 0 Å². The van der Waals surface area contributed by atoms with Crippen molar-refractivity contribution in [1.29, 1.82) is 0 Å². The Labute approximate surface area is 292 Å². The molecule has 0 N–H and O–H groups in total. The molecule has 0 heterocycles. The van der Waals surface area contributed by atoms with Gasteiger partial charge in [0, 0.05) is 6.42 Å². The summed E-state index contributed by atoms with van der Waals surface area (Å²) in [7, 11) is 0. The summed E-state index contributed by atoms with van der Waals surface area (Å²) < 4.78 is 156. The van der Waals surface area contributed by atoms with Crippen molar-refractivity contribution in [1.82, 2.24) is 0 Å². The minimum absolute atomic E-state index is 0.0480. The van der Waals surface area contributed by atoms with Crippen molar-refractivity contribution >= 4 is 0 Å². The van der Waals surface area contributed by atoms with E-state index in [1.807, 2.05) is 0 Å². The highest BCUT2D eigenvalue weighted by atomic mass is 19.4. The number of rotatable bonds is 11. The van der Waals surface area contributed by atoms with Crippen LogP contribution in [-0.4, -0.2) is 6.36 Å². The molecule has 0 atom stereocenters. The lowest BCUT2D eigenvalue weighted by atomic mass is 9.64. The second kappa shape index (κ2) is 16.2. The summed E-state index contributed by atoms with van der Waals surface area (Å²) in [6, 6.07) is 1.59. The van der Waals surface area contributed by atoms with Gasteiger partial charge in [0.1, 0.15) is 28.8 Å². The first-order valence-corrected chi connectivity index (χ1v) is 18.1. The van der Waals surface area contributed by atoms with Crippen LogP contribution in [0.2, 0.25) is 0 Å². The van der Waals surface area contributed by atoms with Gasteiger partial charge in [-0.15, -0.1) is 13.2 Å². The summed E-state index contributed by atoms with van der Waals surface area (Å²) >= 11 is 0. The molecular weight excluding hydrogens is 693 g/mol. The Morgan fingerprint density at radius 1 is 0.608 bits per heavy atom. The lowest BCUT2D eigenvalue weighted by Gasteiger charge is -2.41. The number of halogens is 11. The smallest absolute Gasteiger partial charge is 0.222 e. The predicted molar refractivity (Wildman–Crippen MR) is 171 cm³/mol. The number of hydrogen-bond acceptors (Lipinski definition) is 1. The van der Waals surface area contributed by atoms with Crippen LogP contribution in [-0.2, 0) is 23.2 Å². The number of hydrogen-bond donors (Lipinski definition) is 0. The minimum Gasteiger partial charge on any atom is -0.222 e. The normalized spacial score (nSPS) is 26.9. The Balaban J connectivity index is 1.15. The zero-order valence-corrected chi connectivity index (χ0v) is 28.6. The second-order valence-electron chi connectivity index (χ2n) is 15.0. The average Bonchev–Trinajstić information content (AvgIpc) is 3.03. The van der Waals surface area contributed by atoms with Gasteiger partial charge in [-0.3, -0.25) is 0 Å². The first-order chi connectivity index (χ1) is 24.0. The Kier molecular flexibility index (Phi) is 12.5. The van der Waals surface area contributed by atoms with Gasteiger partial charge in [-0.1, -0.05) is 25.0 Å². The van der Waals surface area contributed by atoms with E-state index in [2.05, 4.69) is 23.8 Å². The van der Waals surface area contributed by atoms with Gasteiger partial charge in [-0.05, 0) is 155 Å². The quantitative estimate of drug-likeness (QED) is 0.165. The van der Waals surface area contributed by atoms with Gasteiger partial charge in [0.2, 0.25) is 0 Å². The summed E-state index contributed by atoms with van der Waals surface area (Å²) in [5, 5.41) is 0. The van der Waals surface area contributed by atoms with E-state index in [9.17, 15) is 30.7 Å². The second-order valence-corrected chi connectivity index (χ2v) is 15.0. The third-order valence-corrected chi connectivity index (χ3v) is 11.8. The molecule has 0 unspecified atom stereocenters. The molecule has 3 fully saturated rings. The fourth-order valence-corrected chi connectivity index (χ4v) is 9.18. The summed E-state index contributed by atoms with van der Waals surface area (Å²) in [6.07, 6.45) is 6.87. The third-order valence-electron chi connectivity index (χ3n) is 11.8. The molecule has 1 nitrogen and oxygen atoms in total. The summed E-state index contributed by atoms with van der Waals surface area (Å²) in [5.74, 6) is -8.78. The van der Waals surface area contributed by atoms with Gasteiger partial charge in [0.15, 0.2) is 0 Å². The Hall–Kier alpha value is -2.63. The van der Waals surface area contributed by atoms with Crippen molar-refractivity contribution in [3.8, 4) is 0 Å². The highest BCUT2D eigenvalue weighted by molar-refractivity contribution is 5.35. The van der Waals surface area contributed by atoms with Crippen molar-refractivity contribution in [2.24, 2.45) is 29.6 Å². The van der Waals surface area contributed by atoms with Gasteiger partial charge in [-0.2, -0.15) is 8.78 Å². The molecule has 51 heavy (non-hydrogen) atoms. The Morgan fingerprint density at radius 3 is 1.49 bits per heavy atom. The average molecular weight is 739 g/mol. The Bertz CT molecular complexity index is 1450. The van der Waals surface area contributed by atoms with E-state index < -0.39 is 64.8 Å². The molecule has 5 rings (SSSR count). The molecule has 0 saturated heterocycles. The fraction of sp³-hybridized carbons (Fsp3) is 0.641. The van der Waals surface area contributed by atoms with Crippen LogP contribution in [0.3, 0.4) is 0 Å². The van der Waals surface area contributed by atoms with E-state index in [0.29, 0.717) is 24.7 Å². The third kappa shape index (κ3) is 9.87. The SMILES string of the molecule is CC=CCCC1CCC(C2CCC(C3CCC(c4cc(F)c(C(F)(F)Cc5cc(F)c(C(F)(F)OC(F)(F)F)c(F)c5)c(F)c4)CC3)CC2)CC1. The molecule has 0 aromatic heterocycles. The summed E-state index contributed by atoms with van der Waals surface area (Å²) in [6.45, 7) is 2.06. The predicted octanol–water partition coefficient (Wildman–Crippen LogP) is 13.4. The molecule has 284 valence electrons. The van der Waals surface area contributed by atoms with Gasteiger partial charge >= 0.3 is 12.5 Å². The molecule has 3 aliphatic rings. The molecule has 3 aliphatic carbocycles. The van der Waals surface area contributed by atoms with Crippen LogP contribution in [0.4, 0.5) is 48.3 Å². The lowest BCUT2D eigenvalue weighted by molar-refractivity contribution is -0.432. The topological polar surface area (TPSA) is 9.23 Å². The molecule has 0 aliphatic heterocycles. The van der Waals surface area contributed by atoms with Gasteiger partial charge in [0.25, 0.3) is 5.92 Å². The standard InChI is InChI=1S/C39H45F11O/c1-2-3-4-5-23-6-8-25(9-7-23)26-10-12-27(13-11-26)28-14-16-29(17-15-28)30-20-33(42)35(34(43)21-30)37(44,45)22-24-18-31(40)36(32(41)19-24)38(46,47)51-39(48,49)50/h2-3,18-21,23,25-29H,4-17,22H2,1H3. The number of alkyl halides is 7. The van der Waals surface area contributed by atoms with Crippen molar-refractivity contribution in [3.63, 3.8) is 0 Å². The van der Waals surface area contributed by atoms with E-state index in [0.717, 1.165) is 42.7 Å². The lowest BCUT2D eigenvalue weighted by Crippen LogP contribution is -2.30. The molecule has 0 radical (unpaired) electrons. The van der Waals surface area contributed by atoms with Crippen molar-refractivity contribution in [2.45, 2.75) is 128 Å². The van der Waals surface area contributed by atoms with Gasteiger partial charge in [0.05, 0.1) is 5.56 Å². The maximum absolute atomic E-state index is 15.2. The molecule has 2 aromatic carbocycles. The van der Waals surface area contributed by atoms with E-state index in [4.69, 9.17) is 0 Å². The largest absolute Gasteiger partial charge is 0.527 e. The minimum atomic E-state index is -5.97. The van der Waals surface area contributed by atoms with E-state index in [-0.39, 0.29) is 23.6 Å². The first-order valence-electron chi connectivity index (χ1n) is 18.1. The zero-order chi connectivity index (χ0) is 37.1. The molecule has 3 saturated carbocycles. The maximum Gasteiger partial charge on any atom is 0.527 e. The number of ether oxygens (including phenoxy) is 1. The van der Waals surface area contributed by atoms with Crippen molar-refractivity contribution in [3.05, 3.63) is 81.9 Å². The highest BCUT2D eigenvalue weighted by Gasteiger charge is 2.50. The maximum atomic E-state index is 15.2. The highest BCUT2D eigenvalue weighted by Crippen LogP contribution is 2.48. The molecule has 0 spiro atoms. The Morgan fingerprint density at radius 2 is 1.04 bits per heavy atom. The first kappa shape index (κ1) is 39.6. The van der Waals surface area contributed by atoms with Crippen molar-refractivity contribution < 1.29 is 53.0 Å². The molecule has 12 heteroatoms. The fourth-order valence-electron chi connectivity index (χ4n) is 9.18. The number of benzene rings is 2. The summed E-state index contributed by atoms with van der Waals surface area (Å²) in [4.78, 5) is 0. The van der Waals surface area contributed by atoms with Crippen LogP contribution in [0.15, 0.2) is 36.4 Å². The van der Waals surface area contributed by atoms with Crippen LogP contribution in [0.5, 0.6) is 0 Å².